The van der Waals surface area contributed by atoms with Crippen LogP contribution in [0.3, 0.4) is 0 Å². The first kappa shape index (κ1) is 17.0. The molecular weight excluding hydrogens is 326 g/mol. The Balaban J connectivity index is 2.07. The molecule has 0 aliphatic rings. The van der Waals surface area contributed by atoms with Crippen molar-refractivity contribution in [2.24, 2.45) is 0 Å². The minimum atomic E-state index is -0.966. The Bertz CT molecular complexity index is 725. The summed E-state index contributed by atoms with van der Waals surface area (Å²) in [5.41, 5.74) is 0.820. The third-order valence-corrected chi connectivity index (χ3v) is 3.40. The van der Waals surface area contributed by atoms with Crippen molar-refractivity contribution in [1.29, 1.82) is 0 Å². The zero-order valence-corrected chi connectivity index (χ0v) is 13.3. The number of likely N-dealkylation sites (N-methyl/N-ethyl adjacent to an activating group) is 1. The van der Waals surface area contributed by atoms with Gasteiger partial charge in [0, 0.05) is 23.8 Å². The predicted molar refractivity (Wildman–Crippen MR) is 86.3 cm³/mol. The van der Waals surface area contributed by atoms with Crippen LogP contribution in [-0.4, -0.2) is 26.6 Å². The lowest BCUT2D eigenvalue weighted by molar-refractivity contribution is -0.114. The molecule has 0 aromatic heterocycles. The second kappa shape index (κ2) is 7.28. The van der Waals surface area contributed by atoms with Gasteiger partial charge in [-0.2, -0.15) is 0 Å². The summed E-state index contributed by atoms with van der Waals surface area (Å²) in [5.74, 6) is -1.78. The molecule has 122 valence electrons. The number of anilines is 2. The molecule has 2 rings (SSSR count). The Morgan fingerprint density at radius 1 is 1.22 bits per heavy atom. The number of amides is 1. The lowest BCUT2D eigenvalue weighted by atomic mass is 10.2. The Labute approximate surface area is 137 Å². The topological polar surface area (TPSA) is 41.6 Å². The van der Waals surface area contributed by atoms with Gasteiger partial charge in [-0.25, -0.2) is 8.78 Å². The van der Waals surface area contributed by atoms with E-state index in [-0.39, 0.29) is 12.5 Å². The van der Waals surface area contributed by atoms with Gasteiger partial charge in [-0.05, 0) is 30.3 Å². The number of carbonyl (C=O) groups is 1. The minimum absolute atomic E-state index is 0.0548. The van der Waals surface area contributed by atoms with Gasteiger partial charge in [0.2, 0.25) is 5.91 Å². The third kappa shape index (κ3) is 4.32. The first-order valence-corrected chi connectivity index (χ1v) is 7.08. The highest BCUT2D eigenvalue weighted by Gasteiger charge is 2.12. The smallest absolute Gasteiger partial charge is 0.243 e. The number of hydrogen-bond acceptors (Lipinski definition) is 3. The van der Waals surface area contributed by atoms with Gasteiger partial charge in [0.25, 0.3) is 0 Å². The van der Waals surface area contributed by atoms with Gasteiger partial charge < -0.3 is 15.0 Å². The Kier molecular flexibility index (Phi) is 5.39. The molecule has 0 saturated carbocycles. The molecule has 0 saturated heterocycles. The van der Waals surface area contributed by atoms with E-state index in [9.17, 15) is 13.6 Å². The largest absolute Gasteiger partial charge is 0.495 e. The molecule has 0 aliphatic heterocycles. The number of benzene rings is 2. The van der Waals surface area contributed by atoms with E-state index < -0.39 is 11.6 Å². The molecule has 23 heavy (non-hydrogen) atoms. The lowest BCUT2D eigenvalue weighted by Crippen LogP contribution is -2.30. The summed E-state index contributed by atoms with van der Waals surface area (Å²) in [6.07, 6.45) is 0. The highest BCUT2D eigenvalue weighted by Crippen LogP contribution is 2.27. The number of methoxy groups -OCH3 is 1. The Morgan fingerprint density at radius 2 is 1.96 bits per heavy atom. The quantitative estimate of drug-likeness (QED) is 0.902. The molecule has 7 heteroatoms. The van der Waals surface area contributed by atoms with Gasteiger partial charge in [-0.3, -0.25) is 4.79 Å². The van der Waals surface area contributed by atoms with E-state index in [1.54, 1.807) is 25.2 Å². The van der Waals surface area contributed by atoms with Crippen LogP contribution in [0.25, 0.3) is 0 Å². The number of halogens is 3. The number of ether oxygens (including phenoxy) is 1. The molecule has 0 atom stereocenters. The number of nitrogens with one attached hydrogen (secondary N) is 1. The highest BCUT2D eigenvalue weighted by atomic mass is 35.5. The number of nitrogens with zero attached hydrogens (tertiary/aromatic N) is 1. The van der Waals surface area contributed by atoms with Crippen LogP contribution < -0.4 is 15.0 Å². The fourth-order valence-electron chi connectivity index (χ4n) is 2.00. The van der Waals surface area contributed by atoms with Crippen LogP contribution in [0.15, 0.2) is 36.4 Å². The van der Waals surface area contributed by atoms with Crippen molar-refractivity contribution < 1.29 is 18.3 Å². The Hall–Kier alpha value is -2.34. The average molecular weight is 341 g/mol. The van der Waals surface area contributed by atoms with Crippen LogP contribution in [0.1, 0.15) is 0 Å². The van der Waals surface area contributed by atoms with E-state index in [1.165, 1.54) is 18.1 Å². The monoisotopic (exact) mass is 340 g/mol. The maximum Gasteiger partial charge on any atom is 0.243 e. The summed E-state index contributed by atoms with van der Waals surface area (Å²) in [6, 6.07) is 8.28. The van der Waals surface area contributed by atoms with Crippen molar-refractivity contribution in [2.45, 2.75) is 0 Å². The summed E-state index contributed by atoms with van der Waals surface area (Å²) in [5, 5.41) is 3.12. The van der Waals surface area contributed by atoms with E-state index in [1.807, 2.05) is 0 Å². The summed E-state index contributed by atoms with van der Waals surface area (Å²) in [4.78, 5) is 13.6. The summed E-state index contributed by atoms with van der Waals surface area (Å²) in [7, 11) is 3.08. The zero-order valence-electron chi connectivity index (χ0n) is 12.6. The molecule has 0 spiro atoms. The molecule has 0 aliphatic carbocycles. The van der Waals surface area contributed by atoms with Crippen molar-refractivity contribution in [3.05, 3.63) is 53.1 Å². The first-order valence-electron chi connectivity index (χ1n) is 6.70. The molecule has 1 amide bonds. The summed E-state index contributed by atoms with van der Waals surface area (Å²) in [6.45, 7) is -0.0548. The van der Waals surface area contributed by atoms with Crippen molar-refractivity contribution in [3.8, 4) is 5.75 Å². The van der Waals surface area contributed by atoms with Crippen LogP contribution in [0.5, 0.6) is 5.75 Å². The van der Waals surface area contributed by atoms with Crippen molar-refractivity contribution in [3.63, 3.8) is 0 Å². The highest BCUT2D eigenvalue weighted by molar-refractivity contribution is 6.31. The molecule has 0 heterocycles. The molecular formula is C16H15ClF2N2O2. The van der Waals surface area contributed by atoms with Gasteiger partial charge in [-0.15, -0.1) is 0 Å². The molecule has 0 radical (unpaired) electrons. The lowest BCUT2D eigenvalue weighted by Gasteiger charge is -2.19. The van der Waals surface area contributed by atoms with Crippen molar-refractivity contribution >= 4 is 28.9 Å². The minimum Gasteiger partial charge on any atom is -0.495 e. The number of rotatable bonds is 5. The molecule has 2 aromatic rings. The van der Waals surface area contributed by atoms with Crippen LogP contribution in [0, 0.1) is 11.6 Å². The fourth-order valence-corrected chi connectivity index (χ4v) is 2.17. The number of carbonyl (C=O) groups excluding carboxylic acids is 1. The van der Waals surface area contributed by atoms with Crippen molar-refractivity contribution in [1.82, 2.24) is 0 Å². The second-order valence-corrected chi connectivity index (χ2v) is 5.28. The Morgan fingerprint density at radius 3 is 2.61 bits per heavy atom. The van der Waals surface area contributed by atoms with Gasteiger partial charge in [-0.1, -0.05) is 11.6 Å². The first-order chi connectivity index (χ1) is 10.9. The second-order valence-electron chi connectivity index (χ2n) is 4.85. The van der Waals surface area contributed by atoms with Gasteiger partial charge in [0.05, 0.1) is 19.3 Å². The summed E-state index contributed by atoms with van der Waals surface area (Å²) >= 11 is 5.90. The van der Waals surface area contributed by atoms with Gasteiger partial charge >= 0.3 is 0 Å². The average Bonchev–Trinajstić information content (AvgIpc) is 2.50. The maximum atomic E-state index is 13.2. The normalized spacial score (nSPS) is 10.3. The van der Waals surface area contributed by atoms with Crippen LogP contribution >= 0.6 is 11.6 Å². The standard InChI is InChI=1S/C16H15ClF2N2O2/c1-21(11-4-5-12(18)13(19)8-11)9-16(22)20-14-7-10(17)3-6-15(14)23-2/h3-8H,9H2,1-2H3,(H,20,22). The van der Waals surface area contributed by atoms with Crippen LogP contribution in [0.2, 0.25) is 5.02 Å². The molecule has 0 unspecified atom stereocenters. The van der Waals surface area contributed by atoms with E-state index >= 15 is 0 Å². The predicted octanol–water partition coefficient (Wildman–Crippen LogP) is 3.70. The SMILES string of the molecule is COc1ccc(Cl)cc1NC(=O)CN(C)c1ccc(F)c(F)c1. The molecule has 1 N–H and O–H groups in total. The van der Waals surface area contributed by atoms with E-state index in [0.717, 1.165) is 12.1 Å². The molecule has 0 bridgehead atoms. The van der Waals surface area contributed by atoms with Crippen LogP contribution in [-0.2, 0) is 4.79 Å². The fraction of sp³-hybridized carbons (Fsp3) is 0.188. The van der Waals surface area contributed by atoms with Gasteiger partial charge in [0.1, 0.15) is 5.75 Å². The van der Waals surface area contributed by atoms with E-state index in [2.05, 4.69) is 5.32 Å². The van der Waals surface area contributed by atoms with Crippen molar-refractivity contribution in [2.75, 3.05) is 30.9 Å². The third-order valence-electron chi connectivity index (χ3n) is 3.16. The molecule has 0 fully saturated rings. The van der Waals surface area contributed by atoms with E-state index in [0.29, 0.717) is 22.1 Å². The zero-order chi connectivity index (χ0) is 17.0. The number of hydrogen-bond donors (Lipinski definition) is 1. The molecule has 2 aromatic carbocycles. The maximum absolute atomic E-state index is 13.2. The summed E-state index contributed by atoms with van der Waals surface area (Å²) < 4.78 is 31.3. The van der Waals surface area contributed by atoms with Gasteiger partial charge in [0.15, 0.2) is 11.6 Å². The molecule has 4 nitrogen and oxygen atoms in total. The van der Waals surface area contributed by atoms with Crippen LogP contribution in [0.4, 0.5) is 20.2 Å². The van der Waals surface area contributed by atoms with E-state index in [4.69, 9.17) is 16.3 Å².